The molecule has 0 aliphatic rings. The number of ether oxygens (including phenoxy) is 1. The van der Waals surface area contributed by atoms with Gasteiger partial charge in [0.1, 0.15) is 11.5 Å². The van der Waals surface area contributed by atoms with E-state index in [-0.39, 0.29) is 12.3 Å². The first-order valence-corrected chi connectivity index (χ1v) is 7.94. The smallest absolute Gasteiger partial charge is 0.303 e. The third-order valence-electron chi connectivity index (χ3n) is 3.41. The standard InChI is InChI=1S/C19H21NO4/c21-18(11-4-5-12-19(22)23)20-14-15-7-6-10-17(13-15)24-16-8-2-1-3-9-16/h1-3,6-10,13H,4-5,11-12,14H2,(H,20,21)(H,22,23). The SMILES string of the molecule is O=C(O)CCCCC(=O)NCc1cccc(Oc2ccccc2)c1. The van der Waals surface area contributed by atoms with Gasteiger partial charge in [-0.1, -0.05) is 30.3 Å². The molecule has 2 aromatic carbocycles. The summed E-state index contributed by atoms with van der Waals surface area (Å²) in [7, 11) is 0. The maximum Gasteiger partial charge on any atom is 0.303 e. The van der Waals surface area contributed by atoms with Gasteiger partial charge >= 0.3 is 5.97 Å². The van der Waals surface area contributed by atoms with Crippen molar-refractivity contribution in [2.75, 3.05) is 0 Å². The fourth-order valence-corrected chi connectivity index (χ4v) is 2.19. The molecule has 126 valence electrons. The number of amides is 1. The first kappa shape index (κ1) is 17.5. The first-order chi connectivity index (χ1) is 11.6. The molecule has 5 nitrogen and oxygen atoms in total. The third-order valence-corrected chi connectivity index (χ3v) is 3.41. The summed E-state index contributed by atoms with van der Waals surface area (Å²) in [5.74, 6) is 0.576. The molecule has 2 rings (SSSR count). The van der Waals surface area contributed by atoms with Crippen LogP contribution in [0.1, 0.15) is 31.2 Å². The van der Waals surface area contributed by atoms with E-state index in [4.69, 9.17) is 9.84 Å². The number of carboxylic acids is 1. The number of carboxylic acid groups (broad SMARTS) is 1. The van der Waals surface area contributed by atoms with E-state index in [9.17, 15) is 9.59 Å². The topological polar surface area (TPSA) is 75.6 Å². The number of carbonyl (C=O) groups excluding carboxylic acids is 1. The van der Waals surface area contributed by atoms with Crippen molar-refractivity contribution in [2.45, 2.75) is 32.2 Å². The molecule has 24 heavy (non-hydrogen) atoms. The van der Waals surface area contributed by atoms with E-state index in [2.05, 4.69) is 5.32 Å². The van der Waals surface area contributed by atoms with Crippen LogP contribution in [0.3, 0.4) is 0 Å². The van der Waals surface area contributed by atoms with Crippen LogP contribution in [-0.2, 0) is 16.1 Å². The Balaban J connectivity index is 1.77. The number of carbonyl (C=O) groups is 2. The number of rotatable bonds is 9. The van der Waals surface area contributed by atoms with Crippen LogP contribution in [0.15, 0.2) is 54.6 Å². The van der Waals surface area contributed by atoms with Crippen LogP contribution >= 0.6 is 0 Å². The van der Waals surface area contributed by atoms with Gasteiger partial charge in [-0.2, -0.15) is 0 Å². The van der Waals surface area contributed by atoms with Crippen LogP contribution in [0.4, 0.5) is 0 Å². The van der Waals surface area contributed by atoms with Gasteiger partial charge in [-0.3, -0.25) is 9.59 Å². The molecule has 0 aliphatic carbocycles. The number of hydrogen-bond donors (Lipinski definition) is 2. The van der Waals surface area contributed by atoms with Crippen molar-refractivity contribution in [1.29, 1.82) is 0 Å². The molecule has 0 fully saturated rings. The minimum Gasteiger partial charge on any atom is -0.481 e. The maximum atomic E-state index is 11.7. The van der Waals surface area contributed by atoms with Crippen LogP contribution in [0, 0.1) is 0 Å². The van der Waals surface area contributed by atoms with Crippen LogP contribution in [0.25, 0.3) is 0 Å². The fraction of sp³-hybridized carbons (Fsp3) is 0.263. The van der Waals surface area contributed by atoms with Gasteiger partial charge in [-0.05, 0) is 42.7 Å². The Labute approximate surface area is 141 Å². The zero-order valence-electron chi connectivity index (χ0n) is 13.4. The lowest BCUT2D eigenvalue weighted by Gasteiger charge is -2.09. The van der Waals surface area contributed by atoms with Crippen molar-refractivity contribution in [1.82, 2.24) is 5.32 Å². The predicted octanol–water partition coefficient (Wildman–Crippen LogP) is 3.74. The Hall–Kier alpha value is -2.82. The minimum atomic E-state index is -0.828. The molecule has 1 amide bonds. The Bertz CT molecular complexity index is 670. The summed E-state index contributed by atoms with van der Waals surface area (Å²) in [5, 5.41) is 11.4. The molecule has 0 saturated carbocycles. The summed E-state index contributed by atoms with van der Waals surface area (Å²) in [6, 6.07) is 17.1. The van der Waals surface area contributed by atoms with Gasteiger partial charge in [0.25, 0.3) is 0 Å². The highest BCUT2D eigenvalue weighted by atomic mass is 16.5. The second kappa shape index (κ2) is 9.35. The van der Waals surface area contributed by atoms with Crippen molar-refractivity contribution < 1.29 is 19.4 Å². The van der Waals surface area contributed by atoms with Crippen LogP contribution in [-0.4, -0.2) is 17.0 Å². The summed E-state index contributed by atoms with van der Waals surface area (Å²) in [4.78, 5) is 22.2. The molecule has 0 heterocycles. The monoisotopic (exact) mass is 327 g/mol. The van der Waals surface area contributed by atoms with Gasteiger partial charge < -0.3 is 15.2 Å². The van der Waals surface area contributed by atoms with Gasteiger partial charge in [-0.15, -0.1) is 0 Å². The summed E-state index contributed by atoms with van der Waals surface area (Å²) < 4.78 is 5.76. The fourth-order valence-electron chi connectivity index (χ4n) is 2.19. The summed E-state index contributed by atoms with van der Waals surface area (Å²) in [5.41, 5.74) is 0.947. The quantitative estimate of drug-likeness (QED) is 0.688. The Morgan fingerprint density at radius 3 is 2.38 bits per heavy atom. The van der Waals surface area contributed by atoms with E-state index >= 15 is 0 Å². The molecule has 0 spiro atoms. The highest BCUT2D eigenvalue weighted by Gasteiger charge is 2.04. The molecule has 2 aromatic rings. The maximum absolute atomic E-state index is 11.7. The van der Waals surface area contributed by atoms with Crippen molar-refractivity contribution in [3.05, 3.63) is 60.2 Å². The third kappa shape index (κ3) is 6.52. The lowest BCUT2D eigenvalue weighted by molar-refractivity contribution is -0.137. The van der Waals surface area contributed by atoms with E-state index < -0.39 is 5.97 Å². The second-order valence-electron chi connectivity index (χ2n) is 5.44. The molecule has 0 saturated heterocycles. The Kier molecular flexibility index (Phi) is 6.83. The van der Waals surface area contributed by atoms with E-state index in [1.54, 1.807) is 0 Å². The van der Waals surface area contributed by atoms with Gasteiger partial charge in [0.2, 0.25) is 5.91 Å². The summed E-state index contributed by atoms with van der Waals surface area (Å²) in [6.45, 7) is 0.420. The number of para-hydroxylation sites is 1. The molecule has 0 aromatic heterocycles. The Morgan fingerprint density at radius 1 is 0.917 bits per heavy atom. The number of aliphatic carboxylic acids is 1. The van der Waals surface area contributed by atoms with Crippen molar-refractivity contribution in [3.63, 3.8) is 0 Å². The first-order valence-electron chi connectivity index (χ1n) is 7.94. The second-order valence-corrected chi connectivity index (χ2v) is 5.44. The van der Waals surface area contributed by atoms with E-state index in [1.165, 1.54) is 0 Å². The lowest BCUT2D eigenvalue weighted by atomic mass is 10.1. The molecule has 0 atom stereocenters. The molecule has 2 N–H and O–H groups in total. The largest absolute Gasteiger partial charge is 0.481 e. The van der Waals surface area contributed by atoms with Gasteiger partial charge in [0.15, 0.2) is 0 Å². The van der Waals surface area contributed by atoms with Crippen LogP contribution < -0.4 is 10.1 Å². The van der Waals surface area contributed by atoms with Crippen LogP contribution in [0.5, 0.6) is 11.5 Å². The van der Waals surface area contributed by atoms with Gasteiger partial charge in [-0.25, -0.2) is 0 Å². The number of unbranched alkanes of at least 4 members (excludes halogenated alkanes) is 1. The number of hydrogen-bond acceptors (Lipinski definition) is 3. The van der Waals surface area contributed by atoms with Gasteiger partial charge in [0.05, 0.1) is 0 Å². The molecular formula is C19H21NO4. The summed E-state index contributed by atoms with van der Waals surface area (Å²) >= 11 is 0. The predicted molar refractivity (Wildman–Crippen MR) is 90.9 cm³/mol. The number of nitrogens with one attached hydrogen (secondary N) is 1. The summed E-state index contributed by atoms with van der Waals surface area (Å²) in [6.07, 6.45) is 1.54. The highest BCUT2D eigenvalue weighted by Crippen LogP contribution is 2.21. The molecule has 0 unspecified atom stereocenters. The molecule has 0 bridgehead atoms. The van der Waals surface area contributed by atoms with Crippen molar-refractivity contribution in [2.24, 2.45) is 0 Å². The average Bonchev–Trinajstić information content (AvgIpc) is 2.58. The molecule has 0 aliphatic heterocycles. The zero-order chi connectivity index (χ0) is 17.2. The lowest BCUT2D eigenvalue weighted by Crippen LogP contribution is -2.22. The highest BCUT2D eigenvalue weighted by molar-refractivity contribution is 5.75. The van der Waals surface area contributed by atoms with Crippen molar-refractivity contribution in [3.8, 4) is 11.5 Å². The molecule has 0 radical (unpaired) electrons. The minimum absolute atomic E-state index is 0.0743. The molecule has 5 heteroatoms. The Morgan fingerprint density at radius 2 is 1.62 bits per heavy atom. The van der Waals surface area contributed by atoms with E-state index in [0.717, 1.165) is 17.1 Å². The zero-order valence-corrected chi connectivity index (χ0v) is 13.4. The van der Waals surface area contributed by atoms with Crippen LogP contribution in [0.2, 0.25) is 0 Å². The average molecular weight is 327 g/mol. The molecular weight excluding hydrogens is 306 g/mol. The van der Waals surface area contributed by atoms with E-state index in [0.29, 0.717) is 25.8 Å². The van der Waals surface area contributed by atoms with Gasteiger partial charge in [0, 0.05) is 19.4 Å². The normalized spacial score (nSPS) is 10.2. The van der Waals surface area contributed by atoms with Crippen molar-refractivity contribution >= 4 is 11.9 Å². The number of benzene rings is 2. The van der Waals surface area contributed by atoms with E-state index in [1.807, 2.05) is 54.6 Å².